The van der Waals surface area contributed by atoms with E-state index in [1.165, 1.54) is 0 Å². The maximum Gasteiger partial charge on any atom is 0.326 e. The molecule has 160 valence electrons. The molecule has 2 heterocycles. The molecule has 7 nitrogen and oxygen atoms in total. The van der Waals surface area contributed by atoms with Crippen molar-refractivity contribution in [2.75, 3.05) is 20.2 Å². The molecule has 1 fully saturated rings. The summed E-state index contributed by atoms with van der Waals surface area (Å²) in [5.41, 5.74) is 3.77. The van der Waals surface area contributed by atoms with Crippen LogP contribution in [0.15, 0.2) is 40.0 Å². The number of rotatable bonds is 4. The van der Waals surface area contributed by atoms with Gasteiger partial charge in [0.25, 0.3) is 0 Å². The number of nitrogens with one attached hydrogen (secondary N) is 1. The SMILES string of the molecule is COc1cc(C)c(S(=O)(=O)N2CCC(n3c(=O)[nH]c4ccccc43)CC2)c(C)c1C. The summed E-state index contributed by atoms with van der Waals surface area (Å²) < 4.78 is 35.6. The number of imidazole rings is 1. The van der Waals surface area contributed by atoms with Gasteiger partial charge in [0.2, 0.25) is 10.0 Å². The minimum atomic E-state index is -3.63. The van der Waals surface area contributed by atoms with Crippen molar-refractivity contribution in [1.29, 1.82) is 0 Å². The third-order valence-corrected chi connectivity index (χ3v) is 8.40. The molecule has 0 radical (unpaired) electrons. The zero-order chi connectivity index (χ0) is 21.6. The highest BCUT2D eigenvalue weighted by molar-refractivity contribution is 7.89. The topological polar surface area (TPSA) is 84.4 Å². The van der Waals surface area contributed by atoms with E-state index < -0.39 is 10.0 Å². The fraction of sp³-hybridized carbons (Fsp3) is 0.409. The molecule has 0 amide bonds. The van der Waals surface area contributed by atoms with Crippen LogP contribution in [0.2, 0.25) is 0 Å². The number of methoxy groups -OCH3 is 1. The van der Waals surface area contributed by atoms with Crippen LogP contribution in [0.1, 0.15) is 35.6 Å². The molecule has 4 rings (SSSR count). The summed E-state index contributed by atoms with van der Waals surface area (Å²) in [5.74, 6) is 0.696. The maximum atomic E-state index is 13.5. The fourth-order valence-electron chi connectivity index (χ4n) is 4.54. The molecule has 1 N–H and O–H groups in total. The number of para-hydroxylation sites is 2. The largest absolute Gasteiger partial charge is 0.496 e. The van der Waals surface area contributed by atoms with E-state index in [0.717, 1.165) is 22.2 Å². The highest BCUT2D eigenvalue weighted by Crippen LogP contribution is 2.34. The number of fused-ring (bicyclic) bond motifs is 1. The molecular formula is C22H27N3O4S. The van der Waals surface area contributed by atoms with Crippen LogP contribution in [-0.2, 0) is 10.0 Å². The van der Waals surface area contributed by atoms with E-state index in [4.69, 9.17) is 4.74 Å². The molecule has 0 aliphatic carbocycles. The van der Waals surface area contributed by atoms with E-state index in [9.17, 15) is 13.2 Å². The zero-order valence-corrected chi connectivity index (χ0v) is 18.5. The van der Waals surface area contributed by atoms with E-state index >= 15 is 0 Å². The van der Waals surface area contributed by atoms with E-state index in [2.05, 4.69) is 4.98 Å². The van der Waals surface area contributed by atoms with Crippen LogP contribution < -0.4 is 10.4 Å². The Bertz CT molecular complexity index is 1270. The van der Waals surface area contributed by atoms with Crippen LogP contribution in [-0.4, -0.2) is 42.5 Å². The standard InChI is InChI=1S/C22H27N3O4S/c1-14-13-20(29-4)15(2)16(3)21(14)30(27,28)24-11-9-17(10-12-24)25-19-8-6-5-7-18(19)23-22(25)26/h5-8,13,17H,9-12H2,1-4H3,(H,23,26). The number of sulfonamides is 1. The van der Waals surface area contributed by atoms with Crippen molar-refractivity contribution < 1.29 is 13.2 Å². The second kappa shape index (κ2) is 7.59. The number of piperidine rings is 1. The van der Waals surface area contributed by atoms with Crippen LogP contribution >= 0.6 is 0 Å². The second-order valence-electron chi connectivity index (χ2n) is 7.93. The van der Waals surface area contributed by atoms with Crippen molar-refractivity contribution in [3.05, 3.63) is 57.5 Å². The molecular weight excluding hydrogens is 402 g/mol. The molecule has 1 aliphatic heterocycles. The Hall–Kier alpha value is -2.58. The highest BCUT2D eigenvalue weighted by atomic mass is 32.2. The molecule has 0 saturated carbocycles. The predicted molar refractivity (Wildman–Crippen MR) is 117 cm³/mol. The Balaban J connectivity index is 1.62. The Morgan fingerprint density at radius 2 is 1.73 bits per heavy atom. The summed E-state index contributed by atoms with van der Waals surface area (Å²) in [4.78, 5) is 15.7. The minimum Gasteiger partial charge on any atom is -0.496 e. The molecule has 30 heavy (non-hydrogen) atoms. The first-order chi connectivity index (χ1) is 14.3. The monoisotopic (exact) mass is 429 g/mol. The Morgan fingerprint density at radius 3 is 2.40 bits per heavy atom. The van der Waals surface area contributed by atoms with Gasteiger partial charge in [-0.25, -0.2) is 13.2 Å². The van der Waals surface area contributed by atoms with Crippen molar-refractivity contribution in [3.8, 4) is 5.75 Å². The summed E-state index contributed by atoms with van der Waals surface area (Å²) in [6, 6.07) is 9.35. The first-order valence-corrected chi connectivity index (χ1v) is 11.5. The lowest BCUT2D eigenvalue weighted by atomic mass is 10.1. The Labute approximate surface area is 176 Å². The van der Waals surface area contributed by atoms with Crippen LogP contribution in [0.4, 0.5) is 0 Å². The number of aromatic nitrogens is 2. The van der Waals surface area contributed by atoms with Crippen LogP contribution in [0.5, 0.6) is 5.75 Å². The van der Waals surface area contributed by atoms with Crippen LogP contribution in [0.25, 0.3) is 11.0 Å². The first kappa shape index (κ1) is 20.7. The predicted octanol–water partition coefficient (Wildman–Crippen LogP) is 3.29. The zero-order valence-electron chi connectivity index (χ0n) is 17.7. The van der Waals surface area contributed by atoms with Gasteiger partial charge in [-0.15, -0.1) is 0 Å². The molecule has 1 aromatic heterocycles. The fourth-order valence-corrected chi connectivity index (χ4v) is 6.49. The molecule has 1 aliphatic rings. The number of hydrogen-bond acceptors (Lipinski definition) is 4. The smallest absolute Gasteiger partial charge is 0.326 e. The summed E-state index contributed by atoms with van der Waals surface area (Å²) in [6.45, 7) is 6.27. The van der Waals surface area contributed by atoms with E-state index in [-0.39, 0.29) is 11.7 Å². The minimum absolute atomic E-state index is 0.0279. The average Bonchev–Trinajstić information content (AvgIpc) is 3.06. The second-order valence-corrected chi connectivity index (χ2v) is 9.80. The molecule has 2 aromatic carbocycles. The van der Waals surface area contributed by atoms with E-state index in [1.54, 1.807) is 29.0 Å². The number of hydrogen-bond donors (Lipinski definition) is 1. The van der Waals surface area contributed by atoms with Gasteiger partial charge in [-0.05, 0) is 68.5 Å². The van der Waals surface area contributed by atoms with Gasteiger partial charge in [-0.2, -0.15) is 4.31 Å². The van der Waals surface area contributed by atoms with Crippen LogP contribution in [0, 0.1) is 20.8 Å². The molecule has 3 aromatic rings. The maximum absolute atomic E-state index is 13.5. The van der Waals surface area contributed by atoms with Gasteiger partial charge in [0.15, 0.2) is 0 Å². The number of aryl methyl sites for hydroxylation is 1. The lowest BCUT2D eigenvalue weighted by molar-refractivity contribution is 0.274. The number of benzene rings is 2. The van der Waals surface area contributed by atoms with Gasteiger partial charge in [0.1, 0.15) is 5.75 Å². The van der Waals surface area contributed by atoms with Gasteiger partial charge in [0, 0.05) is 19.1 Å². The van der Waals surface area contributed by atoms with Gasteiger partial charge in [0.05, 0.1) is 23.0 Å². The molecule has 1 saturated heterocycles. The molecule has 0 spiro atoms. The quantitative estimate of drug-likeness (QED) is 0.690. The third kappa shape index (κ3) is 3.24. The third-order valence-electron chi connectivity index (χ3n) is 6.21. The summed E-state index contributed by atoms with van der Waals surface area (Å²) in [5, 5.41) is 0. The number of nitrogens with zero attached hydrogens (tertiary/aromatic N) is 2. The molecule has 0 unspecified atom stereocenters. The molecule has 0 bridgehead atoms. The lowest BCUT2D eigenvalue weighted by Crippen LogP contribution is -2.41. The van der Waals surface area contributed by atoms with Crippen molar-refractivity contribution in [1.82, 2.24) is 13.9 Å². The number of aromatic amines is 1. The van der Waals surface area contributed by atoms with E-state index in [1.807, 2.05) is 38.1 Å². The Morgan fingerprint density at radius 1 is 1.07 bits per heavy atom. The van der Waals surface area contributed by atoms with Gasteiger partial charge in [-0.3, -0.25) is 4.57 Å². The van der Waals surface area contributed by atoms with Crippen LogP contribution in [0.3, 0.4) is 0 Å². The Kier molecular flexibility index (Phi) is 5.23. The lowest BCUT2D eigenvalue weighted by Gasteiger charge is -2.32. The molecule has 0 atom stereocenters. The van der Waals surface area contributed by atoms with Gasteiger partial charge < -0.3 is 9.72 Å². The van der Waals surface area contributed by atoms with Crippen molar-refractivity contribution in [3.63, 3.8) is 0 Å². The number of H-pyrrole nitrogens is 1. The van der Waals surface area contributed by atoms with Crippen molar-refractivity contribution in [2.45, 2.75) is 44.6 Å². The first-order valence-electron chi connectivity index (χ1n) is 10.1. The number of ether oxygens (including phenoxy) is 1. The normalized spacial score (nSPS) is 16.3. The van der Waals surface area contributed by atoms with Gasteiger partial charge in [-0.1, -0.05) is 12.1 Å². The average molecular weight is 430 g/mol. The summed E-state index contributed by atoms with van der Waals surface area (Å²) >= 11 is 0. The van der Waals surface area contributed by atoms with Crippen molar-refractivity contribution in [2.24, 2.45) is 0 Å². The van der Waals surface area contributed by atoms with Crippen molar-refractivity contribution >= 4 is 21.1 Å². The summed E-state index contributed by atoms with van der Waals surface area (Å²) in [7, 11) is -2.04. The van der Waals surface area contributed by atoms with E-state index in [0.29, 0.717) is 42.1 Å². The highest BCUT2D eigenvalue weighted by Gasteiger charge is 2.33. The summed E-state index contributed by atoms with van der Waals surface area (Å²) in [6.07, 6.45) is 1.18. The molecule has 8 heteroatoms. The van der Waals surface area contributed by atoms with Gasteiger partial charge >= 0.3 is 5.69 Å².